The summed E-state index contributed by atoms with van der Waals surface area (Å²) >= 11 is 0. The first-order chi connectivity index (χ1) is 14.7. The first-order valence-corrected chi connectivity index (χ1v) is 13.0. The van der Waals surface area contributed by atoms with Crippen LogP contribution >= 0.6 is 8.16 Å². The van der Waals surface area contributed by atoms with Crippen LogP contribution in [0.3, 0.4) is 0 Å². The van der Waals surface area contributed by atoms with Gasteiger partial charge in [-0.15, -0.1) is 4.49 Å². The van der Waals surface area contributed by atoms with Crippen molar-refractivity contribution < 1.29 is 30.0 Å². The van der Waals surface area contributed by atoms with Crippen LogP contribution in [0.15, 0.2) is 32.7 Å². The van der Waals surface area contributed by atoms with E-state index in [9.17, 15) is 21.6 Å². The van der Waals surface area contributed by atoms with Gasteiger partial charge in [0.05, 0.1) is 0 Å². The van der Waals surface area contributed by atoms with Crippen LogP contribution in [-0.4, -0.2) is 13.9 Å². The van der Waals surface area contributed by atoms with E-state index in [1.807, 2.05) is 12.1 Å². The van der Waals surface area contributed by atoms with E-state index in [1.165, 1.54) is 11.1 Å². The molecule has 1 N–H and O–H groups in total. The van der Waals surface area contributed by atoms with Crippen molar-refractivity contribution in [1.82, 2.24) is 0 Å². The molecule has 5 nitrogen and oxygen atoms in total. The zero-order valence-corrected chi connectivity index (χ0v) is 18.3. The summed E-state index contributed by atoms with van der Waals surface area (Å²) < 4.78 is 75.6. The Morgan fingerprint density at radius 1 is 0.774 bits per heavy atom. The van der Waals surface area contributed by atoms with E-state index in [0.29, 0.717) is 11.2 Å². The molecule has 0 aliphatic heterocycles. The van der Waals surface area contributed by atoms with E-state index >= 15 is 0 Å². The number of nitrogens with one attached hydrogen (secondary N) is 1. The Kier molecular flexibility index (Phi) is 5.11. The van der Waals surface area contributed by atoms with Gasteiger partial charge in [-0.25, -0.2) is 8.42 Å². The molecular weight excluding hydrogens is 450 g/mol. The molecule has 166 valence electrons. The highest BCUT2D eigenvalue weighted by molar-refractivity contribution is 7.98. The molecule has 0 saturated heterocycles. The molecule has 0 bridgehead atoms. The van der Waals surface area contributed by atoms with Gasteiger partial charge in [0, 0.05) is 10.8 Å². The number of alkyl halides is 3. The molecule has 2 aliphatic rings. The fourth-order valence-corrected chi connectivity index (χ4v) is 6.89. The predicted molar refractivity (Wildman–Crippen MR) is 114 cm³/mol. The number of benzene rings is 2. The highest BCUT2D eigenvalue weighted by atomic mass is 32.2. The maximum Gasteiger partial charge on any atom is 0.512 e. The summed E-state index contributed by atoms with van der Waals surface area (Å²) in [5.74, 6) is 0. The minimum Gasteiger partial charge on any atom is -0.407 e. The molecule has 0 atom stereocenters. The number of halogens is 3. The SMILES string of the molecule is O=S(=O)(Np1oc2ccc3c(c2c2c4c(ccc2o1)CCCC4)CCCC3)C(F)(F)F. The van der Waals surface area contributed by atoms with Gasteiger partial charge < -0.3 is 8.39 Å². The van der Waals surface area contributed by atoms with Crippen molar-refractivity contribution in [1.29, 1.82) is 0 Å². The molecule has 31 heavy (non-hydrogen) atoms. The van der Waals surface area contributed by atoms with Gasteiger partial charge in [-0.3, -0.25) is 0 Å². The van der Waals surface area contributed by atoms with Crippen molar-refractivity contribution in [2.75, 3.05) is 4.49 Å². The number of hydrogen-bond donors (Lipinski definition) is 1. The van der Waals surface area contributed by atoms with Crippen LogP contribution in [0.1, 0.15) is 47.9 Å². The second-order valence-electron chi connectivity index (χ2n) is 8.05. The standard InChI is InChI=1S/C21H21F3NO4PS/c22-21(23,24)31(26,27)25-30-28-17-11-9-13-5-1-3-7-15(13)19(17)20-16-8-4-2-6-14(16)10-12-18(20)29-30/h9-12,25H,1-8H2. The molecule has 3 aromatic rings. The van der Waals surface area contributed by atoms with Gasteiger partial charge in [-0.1, -0.05) is 12.1 Å². The van der Waals surface area contributed by atoms with Crippen LogP contribution in [0.5, 0.6) is 0 Å². The fraction of sp³-hybridized carbons (Fsp3) is 0.429. The number of hydrogen-bond acceptors (Lipinski definition) is 4. The van der Waals surface area contributed by atoms with Crippen LogP contribution < -0.4 is 4.49 Å². The van der Waals surface area contributed by atoms with Gasteiger partial charge in [0.2, 0.25) is 0 Å². The molecule has 0 saturated carbocycles. The van der Waals surface area contributed by atoms with Crippen molar-refractivity contribution in [2.45, 2.75) is 56.9 Å². The van der Waals surface area contributed by atoms with E-state index in [2.05, 4.69) is 0 Å². The molecule has 0 amide bonds. The summed E-state index contributed by atoms with van der Waals surface area (Å²) in [6.45, 7) is 0. The minimum atomic E-state index is -5.62. The van der Waals surface area contributed by atoms with E-state index in [-0.39, 0.29) is 0 Å². The van der Waals surface area contributed by atoms with Crippen molar-refractivity contribution in [2.24, 2.45) is 0 Å². The Labute approximate surface area is 178 Å². The topological polar surface area (TPSA) is 72.5 Å². The summed E-state index contributed by atoms with van der Waals surface area (Å²) in [5.41, 5.74) is -0.0498. The van der Waals surface area contributed by atoms with Crippen molar-refractivity contribution in [3.63, 3.8) is 0 Å². The highest BCUT2D eigenvalue weighted by Crippen LogP contribution is 2.42. The third-order valence-electron chi connectivity index (χ3n) is 6.10. The average Bonchev–Trinajstić information content (AvgIpc) is 2.89. The lowest BCUT2D eigenvalue weighted by molar-refractivity contribution is -0.0428. The molecule has 0 radical (unpaired) electrons. The molecule has 5 rings (SSSR count). The van der Waals surface area contributed by atoms with Crippen LogP contribution in [0.2, 0.25) is 0 Å². The van der Waals surface area contributed by atoms with Gasteiger partial charge in [0.15, 0.2) is 0 Å². The van der Waals surface area contributed by atoms with Gasteiger partial charge in [-0.2, -0.15) is 13.2 Å². The summed E-state index contributed by atoms with van der Waals surface area (Å²) in [7, 11) is -8.23. The van der Waals surface area contributed by atoms with Gasteiger partial charge in [0.25, 0.3) is 0 Å². The van der Waals surface area contributed by atoms with Crippen LogP contribution in [0, 0.1) is 0 Å². The zero-order chi connectivity index (χ0) is 21.8. The first-order valence-electron chi connectivity index (χ1n) is 10.3. The minimum absolute atomic E-state index is 0.370. The first kappa shape index (κ1) is 20.9. The lowest BCUT2D eigenvalue weighted by atomic mass is 9.84. The molecule has 0 unspecified atom stereocenters. The van der Waals surface area contributed by atoms with Crippen molar-refractivity contribution in [3.8, 4) is 0 Å². The summed E-state index contributed by atoms with van der Waals surface area (Å²) in [6, 6.07) is 7.33. The Hall–Kier alpha value is -1.96. The fourth-order valence-electron chi connectivity index (χ4n) is 4.70. The van der Waals surface area contributed by atoms with Gasteiger partial charge in [-0.05, 0) is 85.8 Å². The van der Waals surface area contributed by atoms with Crippen molar-refractivity contribution in [3.05, 3.63) is 46.5 Å². The largest absolute Gasteiger partial charge is 0.512 e. The summed E-state index contributed by atoms with van der Waals surface area (Å²) in [5, 5.41) is 1.70. The third-order valence-corrected chi connectivity index (χ3v) is 8.99. The maximum absolute atomic E-state index is 13.0. The zero-order valence-electron chi connectivity index (χ0n) is 16.6. The number of sulfonamides is 1. The van der Waals surface area contributed by atoms with Crippen LogP contribution in [-0.2, 0) is 35.7 Å². The molecule has 0 fully saturated rings. The number of aryl methyl sites for hydroxylation is 4. The predicted octanol–water partition coefficient (Wildman–Crippen LogP) is 6.44. The Morgan fingerprint density at radius 2 is 1.23 bits per heavy atom. The van der Waals surface area contributed by atoms with Gasteiger partial charge >= 0.3 is 23.7 Å². The van der Waals surface area contributed by atoms with E-state index < -0.39 is 23.7 Å². The average molecular weight is 471 g/mol. The number of rotatable bonds is 2. The Balaban J connectivity index is 1.88. The maximum atomic E-state index is 13.0. The summed E-state index contributed by atoms with van der Waals surface area (Å²) in [6.07, 6.45) is 7.76. The van der Waals surface area contributed by atoms with Crippen LogP contribution in [0.25, 0.3) is 21.9 Å². The molecular formula is C21H21F3NO4PS. The third kappa shape index (κ3) is 3.66. The highest BCUT2D eigenvalue weighted by Gasteiger charge is 2.47. The van der Waals surface area contributed by atoms with E-state index in [1.54, 1.807) is 16.6 Å². The van der Waals surface area contributed by atoms with E-state index in [4.69, 9.17) is 8.39 Å². The summed E-state index contributed by atoms with van der Waals surface area (Å²) in [4.78, 5) is 0. The quantitative estimate of drug-likeness (QED) is 0.467. The molecule has 0 spiro atoms. The number of fused-ring (bicyclic) bond motifs is 7. The lowest BCUT2D eigenvalue weighted by Crippen LogP contribution is -2.28. The smallest absolute Gasteiger partial charge is 0.407 e. The normalized spacial score (nSPS) is 16.9. The Morgan fingerprint density at radius 3 is 1.68 bits per heavy atom. The second-order valence-corrected chi connectivity index (χ2v) is 11.1. The van der Waals surface area contributed by atoms with Crippen molar-refractivity contribution >= 4 is 40.1 Å². The lowest BCUT2D eigenvalue weighted by Gasteiger charge is -2.20. The van der Waals surface area contributed by atoms with E-state index in [0.717, 1.165) is 73.3 Å². The molecule has 1 aromatic heterocycles. The second kappa shape index (κ2) is 7.57. The molecule has 10 heteroatoms. The monoisotopic (exact) mass is 471 g/mol. The molecule has 2 aromatic carbocycles. The van der Waals surface area contributed by atoms with Crippen LogP contribution in [0.4, 0.5) is 13.2 Å². The van der Waals surface area contributed by atoms with Gasteiger partial charge in [0.1, 0.15) is 11.2 Å². The molecule has 2 aliphatic carbocycles. The Bertz CT molecular complexity index is 1250. The molecule has 1 heterocycles.